The molecule has 0 bridgehead atoms. The quantitative estimate of drug-likeness (QED) is 0.728. The van der Waals surface area contributed by atoms with Crippen molar-refractivity contribution in [1.82, 2.24) is 0 Å². The summed E-state index contributed by atoms with van der Waals surface area (Å²) in [7, 11) is -1.46. The van der Waals surface area contributed by atoms with Crippen LogP contribution in [-0.4, -0.2) is 17.2 Å². The molecule has 0 aliphatic rings. The molecule has 0 fully saturated rings. The van der Waals surface area contributed by atoms with Gasteiger partial charge < -0.3 is 14.8 Å². The summed E-state index contributed by atoms with van der Waals surface area (Å²) in [5, 5.41) is 20.9. The first-order valence-corrected chi connectivity index (χ1v) is 7.28. The fraction of sp³-hybridized carbons (Fsp3) is 0.0588. The average molecular weight is 313 g/mol. The minimum Gasteiger partial charge on any atom is -0.489 e. The SMILES string of the molecule is OB(O)c1ccc(OCc2ccc(Cl)c3ccccc23)cc1. The molecule has 0 heterocycles. The first-order valence-electron chi connectivity index (χ1n) is 6.90. The number of hydrogen-bond acceptors (Lipinski definition) is 3. The second kappa shape index (κ2) is 6.40. The fourth-order valence-corrected chi connectivity index (χ4v) is 2.58. The lowest BCUT2D eigenvalue weighted by molar-refractivity contribution is 0.308. The van der Waals surface area contributed by atoms with Crippen LogP contribution >= 0.6 is 11.6 Å². The first-order chi connectivity index (χ1) is 10.6. The number of ether oxygens (including phenoxy) is 1. The molecule has 5 heteroatoms. The van der Waals surface area contributed by atoms with Crippen LogP contribution in [0.5, 0.6) is 5.75 Å². The lowest BCUT2D eigenvalue weighted by Crippen LogP contribution is -2.29. The van der Waals surface area contributed by atoms with Gasteiger partial charge in [0.15, 0.2) is 0 Å². The Kier molecular flexibility index (Phi) is 4.34. The molecule has 0 saturated heterocycles. The van der Waals surface area contributed by atoms with E-state index < -0.39 is 7.12 Å². The molecule has 3 nitrogen and oxygen atoms in total. The van der Waals surface area contributed by atoms with Gasteiger partial charge in [0.2, 0.25) is 0 Å². The van der Waals surface area contributed by atoms with Gasteiger partial charge in [0, 0.05) is 10.4 Å². The number of rotatable bonds is 4. The molecule has 0 aliphatic carbocycles. The van der Waals surface area contributed by atoms with Gasteiger partial charge in [-0.15, -0.1) is 0 Å². The summed E-state index contributed by atoms with van der Waals surface area (Å²) in [5.41, 5.74) is 1.48. The third-order valence-corrected chi connectivity index (χ3v) is 3.86. The molecule has 2 N–H and O–H groups in total. The van der Waals surface area contributed by atoms with Crippen LogP contribution in [0.1, 0.15) is 5.56 Å². The van der Waals surface area contributed by atoms with Crippen LogP contribution < -0.4 is 10.2 Å². The second-order valence-electron chi connectivity index (χ2n) is 4.98. The molecule has 0 unspecified atom stereocenters. The molecule has 0 radical (unpaired) electrons. The number of hydrogen-bond donors (Lipinski definition) is 2. The third kappa shape index (κ3) is 3.09. The summed E-state index contributed by atoms with van der Waals surface area (Å²) in [6.07, 6.45) is 0. The monoisotopic (exact) mass is 312 g/mol. The lowest BCUT2D eigenvalue weighted by atomic mass is 9.80. The Hall–Kier alpha value is -2.01. The Morgan fingerprint density at radius 3 is 2.23 bits per heavy atom. The van der Waals surface area contributed by atoms with Gasteiger partial charge >= 0.3 is 7.12 Å². The zero-order chi connectivity index (χ0) is 15.5. The predicted molar refractivity (Wildman–Crippen MR) is 89.6 cm³/mol. The Balaban J connectivity index is 1.81. The van der Waals surface area contributed by atoms with Crippen molar-refractivity contribution in [3.8, 4) is 5.75 Å². The maximum absolute atomic E-state index is 9.07. The van der Waals surface area contributed by atoms with Gasteiger partial charge in [-0.1, -0.05) is 54.1 Å². The van der Waals surface area contributed by atoms with Crippen LogP contribution in [0.2, 0.25) is 5.02 Å². The highest BCUT2D eigenvalue weighted by Gasteiger charge is 2.10. The highest BCUT2D eigenvalue weighted by Crippen LogP contribution is 2.27. The summed E-state index contributed by atoms with van der Waals surface area (Å²) < 4.78 is 5.77. The van der Waals surface area contributed by atoms with Crippen molar-refractivity contribution in [2.45, 2.75) is 6.61 Å². The third-order valence-electron chi connectivity index (χ3n) is 3.53. The molecular weight excluding hydrogens is 298 g/mol. The minimum atomic E-state index is -1.46. The molecule has 22 heavy (non-hydrogen) atoms. The Labute approximate surface area is 133 Å². The van der Waals surface area contributed by atoms with Crippen molar-refractivity contribution < 1.29 is 14.8 Å². The van der Waals surface area contributed by atoms with E-state index in [9.17, 15) is 0 Å². The maximum atomic E-state index is 9.07. The molecule has 0 spiro atoms. The van der Waals surface area contributed by atoms with Gasteiger partial charge in [0.05, 0.1) is 0 Å². The number of fused-ring (bicyclic) bond motifs is 1. The largest absolute Gasteiger partial charge is 0.489 e. The molecule has 0 amide bonds. The van der Waals surface area contributed by atoms with E-state index in [0.717, 1.165) is 21.4 Å². The van der Waals surface area contributed by atoms with Crippen LogP contribution in [-0.2, 0) is 6.61 Å². The molecule has 0 aliphatic heterocycles. The summed E-state index contributed by atoms with van der Waals surface area (Å²) in [5.74, 6) is 0.670. The molecule has 3 aromatic rings. The zero-order valence-corrected chi connectivity index (χ0v) is 12.5. The van der Waals surface area contributed by atoms with E-state index in [1.54, 1.807) is 24.3 Å². The first kappa shape index (κ1) is 14.9. The summed E-state index contributed by atoms with van der Waals surface area (Å²) in [6.45, 7) is 0.415. The van der Waals surface area contributed by atoms with E-state index in [-0.39, 0.29) is 0 Å². The standard InChI is InChI=1S/C17H14BClO3/c19-17-10-5-12(15-3-1-2-4-16(15)17)11-22-14-8-6-13(7-9-14)18(20)21/h1-10,20-21H,11H2. The zero-order valence-electron chi connectivity index (χ0n) is 11.7. The van der Waals surface area contributed by atoms with Crippen molar-refractivity contribution >= 4 is 35.0 Å². The van der Waals surface area contributed by atoms with Crippen LogP contribution in [0.3, 0.4) is 0 Å². The van der Waals surface area contributed by atoms with Gasteiger partial charge in [-0.25, -0.2) is 0 Å². The van der Waals surface area contributed by atoms with Crippen LogP contribution in [0, 0.1) is 0 Å². The van der Waals surface area contributed by atoms with Crippen LogP contribution in [0.4, 0.5) is 0 Å². The van der Waals surface area contributed by atoms with Gasteiger partial charge in [-0.2, -0.15) is 0 Å². The van der Waals surface area contributed by atoms with Crippen molar-refractivity contribution in [1.29, 1.82) is 0 Å². The smallest absolute Gasteiger partial charge is 0.488 e. The average Bonchev–Trinajstić information content (AvgIpc) is 2.55. The number of halogens is 1. The summed E-state index contributed by atoms with van der Waals surface area (Å²) in [4.78, 5) is 0. The van der Waals surface area contributed by atoms with Crippen molar-refractivity contribution in [2.75, 3.05) is 0 Å². The molecule has 0 saturated carbocycles. The highest BCUT2D eigenvalue weighted by atomic mass is 35.5. The summed E-state index contributed by atoms with van der Waals surface area (Å²) >= 11 is 6.21. The second-order valence-corrected chi connectivity index (χ2v) is 5.39. The summed E-state index contributed by atoms with van der Waals surface area (Å²) in [6, 6.07) is 18.4. The maximum Gasteiger partial charge on any atom is 0.488 e. The van der Waals surface area contributed by atoms with Crippen molar-refractivity contribution in [3.05, 3.63) is 71.2 Å². The highest BCUT2D eigenvalue weighted by molar-refractivity contribution is 6.58. The molecule has 0 aromatic heterocycles. The Morgan fingerprint density at radius 1 is 0.864 bits per heavy atom. The van der Waals surface area contributed by atoms with E-state index in [4.69, 9.17) is 26.4 Å². The fourth-order valence-electron chi connectivity index (χ4n) is 2.35. The van der Waals surface area contributed by atoms with Crippen LogP contribution in [0.25, 0.3) is 10.8 Å². The molecule has 110 valence electrons. The number of benzene rings is 3. The predicted octanol–water partition coefficient (Wildman–Crippen LogP) is 2.75. The molecule has 0 atom stereocenters. The van der Waals surface area contributed by atoms with E-state index in [0.29, 0.717) is 17.8 Å². The van der Waals surface area contributed by atoms with Crippen LogP contribution in [0.15, 0.2) is 60.7 Å². The van der Waals surface area contributed by atoms with Crippen molar-refractivity contribution in [2.24, 2.45) is 0 Å². The molecular formula is C17H14BClO3. The minimum absolute atomic E-state index is 0.415. The van der Waals surface area contributed by atoms with E-state index >= 15 is 0 Å². The normalized spacial score (nSPS) is 10.7. The van der Waals surface area contributed by atoms with Gasteiger partial charge in [-0.05, 0) is 34.6 Å². The van der Waals surface area contributed by atoms with Gasteiger partial charge in [0.25, 0.3) is 0 Å². The van der Waals surface area contributed by atoms with Crippen molar-refractivity contribution in [3.63, 3.8) is 0 Å². The Morgan fingerprint density at radius 2 is 1.55 bits per heavy atom. The Bertz CT molecular complexity index is 788. The topological polar surface area (TPSA) is 49.7 Å². The van der Waals surface area contributed by atoms with E-state index in [1.807, 2.05) is 36.4 Å². The van der Waals surface area contributed by atoms with Gasteiger partial charge in [0.1, 0.15) is 12.4 Å². The molecule has 3 rings (SSSR count). The van der Waals surface area contributed by atoms with Gasteiger partial charge in [-0.3, -0.25) is 0 Å². The lowest BCUT2D eigenvalue weighted by Gasteiger charge is -2.10. The van der Waals surface area contributed by atoms with E-state index in [2.05, 4.69) is 0 Å². The molecule has 3 aromatic carbocycles. The van der Waals surface area contributed by atoms with E-state index in [1.165, 1.54) is 0 Å².